The van der Waals surface area contributed by atoms with Gasteiger partial charge in [-0.15, -0.1) is 0 Å². The molecule has 136 valence electrons. The first-order chi connectivity index (χ1) is 12.2. The zero-order valence-corrected chi connectivity index (χ0v) is 14.3. The minimum absolute atomic E-state index is 0.215. The van der Waals surface area contributed by atoms with Crippen LogP contribution < -0.4 is 0 Å². The number of fused-ring (bicyclic) bond motifs is 3. The van der Waals surface area contributed by atoms with Crippen LogP contribution >= 0.6 is 0 Å². The molecule has 3 aromatic rings. The van der Waals surface area contributed by atoms with Crippen molar-refractivity contribution in [2.24, 2.45) is 0 Å². The second kappa shape index (κ2) is 5.62. The van der Waals surface area contributed by atoms with Gasteiger partial charge in [-0.1, -0.05) is 11.6 Å². The first-order valence-corrected chi connectivity index (χ1v) is 8.26. The van der Waals surface area contributed by atoms with E-state index in [1.54, 1.807) is 4.90 Å². The van der Waals surface area contributed by atoms with Crippen molar-refractivity contribution >= 4 is 16.8 Å². The van der Waals surface area contributed by atoms with Crippen LogP contribution in [0.5, 0.6) is 0 Å². The highest BCUT2D eigenvalue weighted by Gasteiger charge is 2.35. The number of aryl methyl sites for hydroxylation is 2. The molecule has 0 spiro atoms. The molecule has 4 rings (SSSR count). The molecule has 0 fully saturated rings. The molecule has 8 heteroatoms. The lowest BCUT2D eigenvalue weighted by Gasteiger charge is -2.26. The number of alkyl halides is 3. The highest BCUT2D eigenvalue weighted by molar-refractivity contribution is 5.94. The normalized spacial score (nSPS) is 14.7. The molecule has 2 aromatic heterocycles. The highest BCUT2D eigenvalue weighted by atomic mass is 19.4. The summed E-state index contributed by atoms with van der Waals surface area (Å²) in [4.78, 5) is 17.6. The topological polar surface area (TPSA) is 64.8 Å². The molecule has 1 aliphatic rings. The third kappa shape index (κ3) is 2.65. The maximum atomic E-state index is 12.7. The fourth-order valence-electron chi connectivity index (χ4n) is 3.58. The number of carbonyl (C=O) groups is 1. The second-order valence-electron chi connectivity index (χ2n) is 6.73. The van der Waals surface area contributed by atoms with Gasteiger partial charge in [-0.2, -0.15) is 18.3 Å². The van der Waals surface area contributed by atoms with Crippen molar-refractivity contribution in [3.63, 3.8) is 0 Å². The van der Waals surface area contributed by atoms with Crippen LogP contribution in [0.1, 0.15) is 38.6 Å². The average molecular weight is 362 g/mol. The lowest BCUT2D eigenvalue weighted by Crippen LogP contribution is -2.36. The Morgan fingerprint density at radius 2 is 2.00 bits per heavy atom. The molecular formula is C18H17F3N4O. The van der Waals surface area contributed by atoms with Crippen LogP contribution in [0.2, 0.25) is 0 Å². The number of amides is 1. The van der Waals surface area contributed by atoms with Crippen LogP contribution in [-0.4, -0.2) is 32.5 Å². The summed E-state index contributed by atoms with van der Waals surface area (Å²) in [5, 5.41) is 6.51. The molecule has 1 aromatic carbocycles. The Kier molecular flexibility index (Phi) is 3.61. The lowest BCUT2D eigenvalue weighted by atomic mass is 10.0. The number of aromatic amines is 2. The summed E-state index contributed by atoms with van der Waals surface area (Å²) >= 11 is 0. The summed E-state index contributed by atoms with van der Waals surface area (Å²) in [6.45, 7) is 4.83. The summed E-state index contributed by atoms with van der Waals surface area (Å²) in [7, 11) is 0. The van der Waals surface area contributed by atoms with Crippen molar-refractivity contribution < 1.29 is 18.0 Å². The summed E-state index contributed by atoms with van der Waals surface area (Å²) in [6, 6.07) is 4.93. The molecule has 0 bridgehead atoms. The monoisotopic (exact) mass is 362 g/mol. The van der Waals surface area contributed by atoms with E-state index in [-0.39, 0.29) is 5.69 Å². The van der Waals surface area contributed by atoms with Gasteiger partial charge in [0.1, 0.15) is 5.69 Å². The number of nitrogens with zero attached hydrogens (tertiary/aromatic N) is 2. The SMILES string of the molecule is Cc1cc(C)c2[nH]c3c(c2c1)CN(C(=O)c1cc(C(F)(F)F)[nH]n1)CC3. The van der Waals surface area contributed by atoms with Gasteiger partial charge >= 0.3 is 6.18 Å². The van der Waals surface area contributed by atoms with E-state index in [4.69, 9.17) is 0 Å². The van der Waals surface area contributed by atoms with Gasteiger partial charge < -0.3 is 9.88 Å². The number of halogens is 3. The number of aromatic nitrogens is 3. The summed E-state index contributed by atoms with van der Waals surface area (Å²) in [5.74, 6) is -0.499. The van der Waals surface area contributed by atoms with E-state index in [1.807, 2.05) is 18.9 Å². The van der Waals surface area contributed by atoms with Crippen LogP contribution in [0.15, 0.2) is 18.2 Å². The first-order valence-electron chi connectivity index (χ1n) is 8.26. The van der Waals surface area contributed by atoms with Gasteiger partial charge in [-0.25, -0.2) is 0 Å². The molecule has 2 N–H and O–H groups in total. The molecule has 5 nitrogen and oxygen atoms in total. The predicted octanol–water partition coefficient (Wildman–Crippen LogP) is 3.73. The number of carbonyl (C=O) groups excluding carboxylic acids is 1. The van der Waals surface area contributed by atoms with Crippen molar-refractivity contribution in [2.75, 3.05) is 6.54 Å². The van der Waals surface area contributed by atoms with Crippen LogP contribution in [0.3, 0.4) is 0 Å². The molecule has 0 radical (unpaired) electrons. The van der Waals surface area contributed by atoms with Gasteiger partial charge in [0.2, 0.25) is 0 Å². The maximum Gasteiger partial charge on any atom is 0.432 e. The van der Waals surface area contributed by atoms with E-state index in [0.717, 1.165) is 39.4 Å². The van der Waals surface area contributed by atoms with Gasteiger partial charge in [0.15, 0.2) is 5.69 Å². The number of rotatable bonds is 1. The van der Waals surface area contributed by atoms with E-state index >= 15 is 0 Å². The third-order valence-electron chi connectivity index (χ3n) is 4.82. The van der Waals surface area contributed by atoms with E-state index in [0.29, 0.717) is 19.5 Å². The lowest BCUT2D eigenvalue weighted by molar-refractivity contribution is -0.141. The molecule has 3 heterocycles. The van der Waals surface area contributed by atoms with E-state index in [2.05, 4.69) is 22.2 Å². The van der Waals surface area contributed by atoms with E-state index in [9.17, 15) is 18.0 Å². The smallest absolute Gasteiger partial charge is 0.358 e. The van der Waals surface area contributed by atoms with E-state index < -0.39 is 17.8 Å². The Bertz CT molecular complexity index is 1020. The minimum Gasteiger partial charge on any atom is -0.358 e. The first kappa shape index (κ1) is 16.7. The third-order valence-corrected chi connectivity index (χ3v) is 4.82. The summed E-state index contributed by atoms with van der Waals surface area (Å²) < 4.78 is 38.1. The van der Waals surface area contributed by atoms with Gasteiger partial charge in [-0.05, 0) is 25.5 Å². The van der Waals surface area contributed by atoms with Gasteiger partial charge in [-0.3, -0.25) is 9.89 Å². The van der Waals surface area contributed by atoms with Gasteiger partial charge in [0, 0.05) is 47.7 Å². The largest absolute Gasteiger partial charge is 0.432 e. The van der Waals surface area contributed by atoms with Gasteiger partial charge in [0.25, 0.3) is 5.91 Å². The zero-order valence-electron chi connectivity index (χ0n) is 14.3. The van der Waals surface area contributed by atoms with Crippen molar-refractivity contribution in [3.05, 3.63) is 52.0 Å². The molecule has 0 aliphatic carbocycles. The molecule has 0 atom stereocenters. The minimum atomic E-state index is -4.55. The van der Waals surface area contributed by atoms with Crippen molar-refractivity contribution in [3.8, 4) is 0 Å². The van der Waals surface area contributed by atoms with Crippen LogP contribution in [-0.2, 0) is 19.1 Å². The Balaban J connectivity index is 1.66. The second-order valence-corrected chi connectivity index (χ2v) is 6.73. The number of hydrogen-bond donors (Lipinski definition) is 2. The van der Waals surface area contributed by atoms with Crippen LogP contribution in [0, 0.1) is 13.8 Å². The fourth-order valence-corrected chi connectivity index (χ4v) is 3.58. The molecule has 1 aliphatic heterocycles. The number of H-pyrrole nitrogens is 2. The summed E-state index contributed by atoms with van der Waals surface area (Å²) in [6.07, 6.45) is -3.92. The van der Waals surface area contributed by atoms with Crippen LogP contribution in [0.25, 0.3) is 10.9 Å². The Morgan fingerprint density at radius 3 is 2.69 bits per heavy atom. The molecule has 26 heavy (non-hydrogen) atoms. The standard InChI is InChI=1S/C18H17F3N4O/c1-9-5-10(2)16-11(6-9)12-8-25(4-3-13(12)22-16)17(26)14-7-15(24-23-14)18(19,20)21/h5-7,22H,3-4,8H2,1-2H3,(H,23,24). The van der Waals surface area contributed by atoms with Crippen LogP contribution in [0.4, 0.5) is 13.2 Å². The van der Waals surface area contributed by atoms with Gasteiger partial charge in [0.05, 0.1) is 0 Å². The number of hydrogen-bond acceptors (Lipinski definition) is 2. The van der Waals surface area contributed by atoms with Crippen molar-refractivity contribution in [1.82, 2.24) is 20.1 Å². The Hall–Kier alpha value is -2.77. The quantitative estimate of drug-likeness (QED) is 0.693. The highest BCUT2D eigenvalue weighted by Crippen LogP contribution is 2.32. The van der Waals surface area contributed by atoms with Crippen molar-refractivity contribution in [2.45, 2.75) is 33.0 Å². The Labute approximate surface area is 147 Å². The molecular weight excluding hydrogens is 345 g/mol. The maximum absolute atomic E-state index is 12.7. The molecule has 0 unspecified atom stereocenters. The number of nitrogens with one attached hydrogen (secondary N) is 2. The molecule has 1 amide bonds. The van der Waals surface area contributed by atoms with E-state index in [1.165, 1.54) is 0 Å². The predicted molar refractivity (Wildman–Crippen MR) is 89.8 cm³/mol. The summed E-state index contributed by atoms with van der Waals surface area (Å²) in [5.41, 5.74) is 4.18. The van der Waals surface area contributed by atoms with Crippen molar-refractivity contribution in [1.29, 1.82) is 0 Å². The molecule has 0 saturated heterocycles. The zero-order chi connectivity index (χ0) is 18.6. The fraction of sp³-hybridized carbons (Fsp3) is 0.333. The Morgan fingerprint density at radius 1 is 1.23 bits per heavy atom. The number of benzene rings is 1. The average Bonchev–Trinajstić information content (AvgIpc) is 3.18. The molecule has 0 saturated carbocycles.